The van der Waals surface area contributed by atoms with Gasteiger partial charge in [-0.1, -0.05) is 30.3 Å². The fourth-order valence-electron chi connectivity index (χ4n) is 1.42. The summed E-state index contributed by atoms with van der Waals surface area (Å²) in [5.41, 5.74) is 1.02. The van der Waals surface area contributed by atoms with Crippen molar-refractivity contribution in [3.63, 3.8) is 0 Å². The van der Waals surface area contributed by atoms with Crippen molar-refractivity contribution in [3.8, 4) is 0 Å². The lowest BCUT2D eigenvalue weighted by molar-refractivity contribution is -0.134. The minimum Gasteiger partial charge on any atom is -0.481 e. The van der Waals surface area contributed by atoms with Crippen LogP contribution in [0.25, 0.3) is 0 Å². The molecule has 0 bridgehead atoms. The Morgan fingerprint density at radius 3 is 2.70 bits per heavy atom. The summed E-state index contributed by atoms with van der Waals surface area (Å²) < 4.78 is 5.47. The molecule has 110 valence electrons. The molecule has 0 aliphatic rings. The van der Waals surface area contributed by atoms with Crippen LogP contribution in [0.2, 0.25) is 0 Å². The van der Waals surface area contributed by atoms with Crippen LogP contribution >= 0.6 is 11.8 Å². The molecule has 2 N–H and O–H groups in total. The van der Waals surface area contributed by atoms with Gasteiger partial charge in [-0.3, -0.25) is 9.59 Å². The quantitative estimate of drug-likeness (QED) is 0.676. The Labute approximate surface area is 122 Å². The Kier molecular flexibility index (Phi) is 7.75. The predicted molar refractivity (Wildman–Crippen MR) is 78.7 cm³/mol. The van der Waals surface area contributed by atoms with E-state index in [1.54, 1.807) is 6.92 Å². The summed E-state index contributed by atoms with van der Waals surface area (Å²) in [5, 5.41) is 11.2. The van der Waals surface area contributed by atoms with Gasteiger partial charge < -0.3 is 15.2 Å². The Bertz CT molecular complexity index is 424. The molecule has 0 radical (unpaired) electrons. The highest BCUT2D eigenvalue weighted by Gasteiger charge is 2.12. The number of carboxylic acids is 1. The zero-order chi connectivity index (χ0) is 14.8. The molecule has 20 heavy (non-hydrogen) atoms. The number of carbonyl (C=O) groups is 2. The molecule has 6 heteroatoms. The minimum atomic E-state index is -0.846. The second kappa shape index (κ2) is 9.39. The molecule has 0 spiro atoms. The van der Waals surface area contributed by atoms with E-state index in [4.69, 9.17) is 9.84 Å². The van der Waals surface area contributed by atoms with Crippen LogP contribution in [0.5, 0.6) is 0 Å². The Balaban J connectivity index is 2.14. The lowest BCUT2D eigenvalue weighted by Crippen LogP contribution is -2.35. The number of nitrogens with one attached hydrogen (secondary N) is 1. The fourth-order valence-corrected chi connectivity index (χ4v) is 1.99. The van der Waals surface area contributed by atoms with Gasteiger partial charge in [-0.25, -0.2) is 0 Å². The van der Waals surface area contributed by atoms with Gasteiger partial charge >= 0.3 is 5.97 Å². The minimum absolute atomic E-state index is 0.0515. The van der Waals surface area contributed by atoms with E-state index in [0.717, 1.165) is 5.56 Å². The van der Waals surface area contributed by atoms with Crippen molar-refractivity contribution in [1.29, 1.82) is 0 Å². The SMILES string of the molecule is CC(OCc1ccccc1)C(=O)NCCSCC(=O)O. The highest BCUT2D eigenvalue weighted by atomic mass is 32.2. The molecule has 0 saturated heterocycles. The smallest absolute Gasteiger partial charge is 0.313 e. The van der Waals surface area contributed by atoms with E-state index in [9.17, 15) is 9.59 Å². The summed E-state index contributed by atoms with van der Waals surface area (Å²) >= 11 is 1.27. The average Bonchev–Trinajstić information content (AvgIpc) is 2.45. The summed E-state index contributed by atoms with van der Waals surface area (Å²) in [6, 6.07) is 9.64. The zero-order valence-electron chi connectivity index (χ0n) is 11.4. The second-order valence-corrected chi connectivity index (χ2v) is 5.28. The molecule has 0 aliphatic carbocycles. The van der Waals surface area contributed by atoms with E-state index in [1.165, 1.54) is 11.8 Å². The lowest BCUT2D eigenvalue weighted by atomic mass is 10.2. The number of thioether (sulfide) groups is 1. The van der Waals surface area contributed by atoms with Gasteiger partial charge in [0.1, 0.15) is 6.10 Å². The summed E-state index contributed by atoms with van der Waals surface area (Å²) in [4.78, 5) is 22.0. The van der Waals surface area contributed by atoms with E-state index in [-0.39, 0.29) is 11.7 Å². The monoisotopic (exact) mass is 297 g/mol. The third-order valence-electron chi connectivity index (χ3n) is 2.48. The van der Waals surface area contributed by atoms with Crippen molar-refractivity contribution in [1.82, 2.24) is 5.32 Å². The molecule has 1 aromatic rings. The highest BCUT2D eigenvalue weighted by Crippen LogP contribution is 2.03. The largest absolute Gasteiger partial charge is 0.481 e. The fraction of sp³-hybridized carbons (Fsp3) is 0.429. The molecule has 0 fully saturated rings. The van der Waals surface area contributed by atoms with Crippen LogP contribution in [0.1, 0.15) is 12.5 Å². The highest BCUT2D eigenvalue weighted by molar-refractivity contribution is 7.99. The van der Waals surface area contributed by atoms with E-state index >= 15 is 0 Å². The van der Waals surface area contributed by atoms with Crippen LogP contribution in [0.3, 0.4) is 0 Å². The van der Waals surface area contributed by atoms with Crippen LogP contribution in [0, 0.1) is 0 Å². The number of ether oxygens (including phenoxy) is 1. The van der Waals surface area contributed by atoms with Crippen molar-refractivity contribution in [3.05, 3.63) is 35.9 Å². The molecule has 1 unspecified atom stereocenters. The topological polar surface area (TPSA) is 75.6 Å². The zero-order valence-corrected chi connectivity index (χ0v) is 12.2. The molecule has 5 nitrogen and oxygen atoms in total. The Morgan fingerprint density at radius 2 is 2.05 bits per heavy atom. The van der Waals surface area contributed by atoms with E-state index in [2.05, 4.69) is 5.32 Å². The van der Waals surface area contributed by atoms with Gasteiger partial charge in [-0.05, 0) is 12.5 Å². The Hall–Kier alpha value is -1.53. The van der Waals surface area contributed by atoms with Gasteiger partial charge in [0.05, 0.1) is 12.4 Å². The van der Waals surface area contributed by atoms with E-state index in [0.29, 0.717) is 18.9 Å². The third kappa shape index (κ3) is 7.16. The van der Waals surface area contributed by atoms with Crippen LogP contribution in [0.4, 0.5) is 0 Å². The molecule has 1 rings (SSSR count). The van der Waals surface area contributed by atoms with Crippen LogP contribution in [-0.2, 0) is 20.9 Å². The van der Waals surface area contributed by atoms with Crippen molar-refractivity contribution in [2.24, 2.45) is 0 Å². The van der Waals surface area contributed by atoms with Gasteiger partial charge in [0, 0.05) is 12.3 Å². The maximum atomic E-state index is 11.7. The first-order valence-corrected chi connectivity index (χ1v) is 7.48. The molecule has 1 aromatic carbocycles. The van der Waals surface area contributed by atoms with Gasteiger partial charge in [0.15, 0.2) is 0 Å². The molecule has 1 amide bonds. The van der Waals surface area contributed by atoms with Gasteiger partial charge in [0.25, 0.3) is 0 Å². The van der Waals surface area contributed by atoms with E-state index < -0.39 is 12.1 Å². The summed E-state index contributed by atoms with van der Waals surface area (Å²) in [5.74, 6) is -0.405. The normalized spacial score (nSPS) is 11.8. The number of amides is 1. The molecular weight excluding hydrogens is 278 g/mol. The first-order valence-electron chi connectivity index (χ1n) is 6.32. The lowest BCUT2D eigenvalue weighted by Gasteiger charge is -2.13. The van der Waals surface area contributed by atoms with Crippen LogP contribution in [0.15, 0.2) is 30.3 Å². The number of hydrogen-bond donors (Lipinski definition) is 2. The maximum Gasteiger partial charge on any atom is 0.313 e. The van der Waals surface area contributed by atoms with Gasteiger partial charge in [-0.2, -0.15) is 0 Å². The molecule has 0 aromatic heterocycles. The first-order chi connectivity index (χ1) is 9.59. The number of carbonyl (C=O) groups excluding carboxylic acids is 1. The number of carboxylic acid groups (broad SMARTS) is 1. The second-order valence-electron chi connectivity index (χ2n) is 4.18. The number of rotatable bonds is 9. The average molecular weight is 297 g/mol. The first kappa shape index (κ1) is 16.5. The van der Waals surface area contributed by atoms with Crippen molar-refractivity contribution in [2.75, 3.05) is 18.1 Å². The van der Waals surface area contributed by atoms with Crippen molar-refractivity contribution in [2.45, 2.75) is 19.6 Å². The van der Waals surface area contributed by atoms with Crippen LogP contribution in [-0.4, -0.2) is 41.1 Å². The molecule has 0 saturated carbocycles. The molecule has 1 atom stereocenters. The third-order valence-corrected chi connectivity index (χ3v) is 3.43. The van der Waals surface area contributed by atoms with Gasteiger partial charge in [0.2, 0.25) is 5.91 Å². The standard InChI is InChI=1S/C14H19NO4S/c1-11(19-9-12-5-3-2-4-6-12)14(18)15-7-8-20-10-13(16)17/h2-6,11H,7-10H2,1H3,(H,15,18)(H,16,17). The van der Waals surface area contributed by atoms with Crippen molar-refractivity contribution >= 4 is 23.6 Å². The number of hydrogen-bond acceptors (Lipinski definition) is 4. The van der Waals surface area contributed by atoms with Gasteiger partial charge in [-0.15, -0.1) is 11.8 Å². The van der Waals surface area contributed by atoms with Crippen molar-refractivity contribution < 1.29 is 19.4 Å². The Morgan fingerprint density at radius 1 is 1.35 bits per heavy atom. The van der Waals surface area contributed by atoms with E-state index in [1.807, 2.05) is 30.3 Å². The molecule has 0 heterocycles. The van der Waals surface area contributed by atoms with Crippen LogP contribution < -0.4 is 5.32 Å². The molecular formula is C14H19NO4S. The maximum absolute atomic E-state index is 11.7. The summed E-state index contributed by atoms with van der Waals surface area (Å²) in [6.45, 7) is 2.53. The number of aliphatic carboxylic acids is 1. The number of benzene rings is 1. The summed E-state index contributed by atoms with van der Waals surface area (Å²) in [6.07, 6.45) is -0.528. The molecule has 0 aliphatic heterocycles. The predicted octanol–water partition coefficient (Wildman–Crippen LogP) is 1.53. The summed E-state index contributed by atoms with van der Waals surface area (Å²) in [7, 11) is 0.